The molecule has 0 aromatic rings. The number of alkyl halides is 1. The van der Waals surface area contributed by atoms with Gasteiger partial charge in [-0.1, -0.05) is 0 Å². The van der Waals surface area contributed by atoms with Gasteiger partial charge in [0.15, 0.2) is 12.5 Å². The predicted octanol–water partition coefficient (Wildman–Crippen LogP) is -1.31. The molecule has 3 N–H and O–H groups in total. The molecule has 0 saturated carbocycles. The molecular weight excluding hydrogens is 103 g/mol. The van der Waals surface area contributed by atoms with Gasteiger partial charge in [-0.05, 0) is 0 Å². The Morgan fingerprint density at radius 2 is 2.29 bits per heavy atom. The minimum atomic E-state index is -1.69. The second-order valence-corrected chi connectivity index (χ2v) is 0.835. The third-order valence-electron chi connectivity index (χ3n) is 0.322. The van der Waals surface area contributed by atoms with Crippen molar-refractivity contribution in [3.05, 3.63) is 0 Å². The van der Waals surface area contributed by atoms with Crippen molar-refractivity contribution in [3.63, 3.8) is 0 Å². The first-order chi connectivity index (χ1) is 2.81. The standard InChI is InChI=1S/C3H5FO2.H2O/c4-3(1-5)2-6;/h1,3,6H,2H2;1H2/t3-;/m1./s1. The van der Waals surface area contributed by atoms with Gasteiger partial charge >= 0.3 is 0 Å². The lowest BCUT2D eigenvalue weighted by Crippen LogP contribution is -2.05. The normalized spacial score (nSPS) is 11.7. The molecule has 0 aliphatic carbocycles. The first kappa shape index (κ1) is 9.72. The second kappa shape index (κ2) is 5.52. The molecule has 0 aromatic carbocycles. The van der Waals surface area contributed by atoms with Gasteiger partial charge in [0.05, 0.1) is 6.61 Å². The zero-order valence-electron chi connectivity index (χ0n) is 3.60. The van der Waals surface area contributed by atoms with Crippen LogP contribution in [0.1, 0.15) is 0 Å². The van der Waals surface area contributed by atoms with E-state index in [4.69, 9.17) is 5.11 Å². The largest absolute Gasteiger partial charge is 0.412 e. The number of hydrogen-bond donors (Lipinski definition) is 1. The molecule has 0 spiro atoms. The van der Waals surface area contributed by atoms with Crippen LogP contribution < -0.4 is 0 Å². The van der Waals surface area contributed by atoms with Gasteiger partial charge in [-0.2, -0.15) is 0 Å². The Morgan fingerprint density at radius 1 is 1.86 bits per heavy atom. The summed E-state index contributed by atoms with van der Waals surface area (Å²) in [6.07, 6.45) is -1.63. The van der Waals surface area contributed by atoms with Crippen LogP contribution in [0.4, 0.5) is 4.39 Å². The number of hydrogen-bond acceptors (Lipinski definition) is 2. The van der Waals surface area contributed by atoms with Gasteiger partial charge in [-0.3, -0.25) is 0 Å². The van der Waals surface area contributed by atoms with E-state index in [1.165, 1.54) is 0 Å². The Balaban J connectivity index is 0. The highest BCUT2D eigenvalue weighted by Crippen LogP contribution is 1.77. The lowest BCUT2D eigenvalue weighted by atomic mass is 10.5. The van der Waals surface area contributed by atoms with Crippen LogP contribution in [0.2, 0.25) is 0 Å². The maximum atomic E-state index is 11.2. The van der Waals surface area contributed by atoms with Gasteiger partial charge in [0, 0.05) is 0 Å². The molecule has 1 atom stereocenters. The molecule has 0 aliphatic heterocycles. The van der Waals surface area contributed by atoms with Gasteiger partial charge in [0.1, 0.15) is 0 Å². The van der Waals surface area contributed by atoms with Crippen molar-refractivity contribution in [1.29, 1.82) is 0 Å². The lowest BCUT2D eigenvalue weighted by molar-refractivity contribution is -0.113. The minimum Gasteiger partial charge on any atom is -0.412 e. The van der Waals surface area contributed by atoms with Crippen LogP contribution in [0.3, 0.4) is 0 Å². The van der Waals surface area contributed by atoms with Crippen molar-refractivity contribution in [1.82, 2.24) is 0 Å². The van der Waals surface area contributed by atoms with Crippen molar-refractivity contribution in [2.75, 3.05) is 6.61 Å². The van der Waals surface area contributed by atoms with Crippen LogP contribution in [-0.2, 0) is 4.79 Å². The number of aliphatic hydroxyl groups is 1. The summed E-state index contributed by atoms with van der Waals surface area (Å²) < 4.78 is 11.2. The molecule has 3 nitrogen and oxygen atoms in total. The van der Waals surface area contributed by atoms with Gasteiger partial charge < -0.3 is 15.4 Å². The van der Waals surface area contributed by atoms with Gasteiger partial charge in [-0.15, -0.1) is 0 Å². The van der Waals surface area contributed by atoms with Crippen molar-refractivity contribution >= 4 is 6.29 Å². The first-order valence-corrected chi connectivity index (χ1v) is 1.51. The van der Waals surface area contributed by atoms with E-state index in [0.717, 1.165) is 0 Å². The molecule has 0 rings (SSSR count). The topological polar surface area (TPSA) is 68.8 Å². The van der Waals surface area contributed by atoms with Crippen LogP contribution in [0.15, 0.2) is 0 Å². The van der Waals surface area contributed by atoms with E-state index in [2.05, 4.69) is 0 Å². The second-order valence-electron chi connectivity index (χ2n) is 0.835. The summed E-state index contributed by atoms with van der Waals surface area (Å²) in [7, 11) is 0. The molecule has 0 bridgehead atoms. The molecule has 0 saturated heterocycles. The summed E-state index contributed by atoms with van der Waals surface area (Å²) in [6.45, 7) is -0.705. The van der Waals surface area contributed by atoms with Crippen LogP contribution >= 0.6 is 0 Å². The van der Waals surface area contributed by atoms with E-state index < -0.39 is 12.8 Å². The third kappa shape index (κ3) is 5.52. The molecule has 4 heteroatoms. The van der Waals surface area contributed by atoms with Gasteiger partial charge in [0.25, 0.3) is 0 Å². The summed E-state index contributed by atoms with van der Waals surface area (Å²) in [6, 6.07) is 0. The van der Waals surface area contributed by atoms with Gasteiger partial charge in [-0.25, -0.2) is 4.39 Å². The maximum absolute atomic E-state index is 11.2. The van der Waals surface area contributed by atoms with E-state index in [0.29, 0.717) is 0 Å². The lowest BCUT2D eigenvalue weighted by Gasteiger charge is -1.85. The van der Waals surface area contributed by atoms with Crippen LogP contribution in [0, 0.1) is 0 Å². The van der Waals surface area contributed by atoms with E-state index in [-0.39, 0.29) is 11.8 Å². The predicted molar refractivity (Wildman–Crippen MR) is 21.7 cm³/mol. The monoisotopic (exact) mass is 110 g/mol. The molecule has 0 fully saturated rings. The SMILES string of the molecule is O.O=C[C@@H](F)CO. The molecule has 0 radical (unpaired) electrons. The average molecular weight is 110 g/mol. The fraction of sp³-hybridized carbons (Fsp3) is 0.667. The Kier molecular flexibility index (Phi) is 7.67. The van der Waals surface area contributed by atoms with E-state index in [1.807, 2.05) is 0 Å². The van der Waals surface area contributed by atoms with Crippen molar-refractivity contribution in [2.45, 2.75) is 6.17 Å². The summed E-state index contributed by atoms with van der Waals surface area (Å²) >= 11 is 0. The fourth-order valence-corrected chi connectivity index (χ4v) is 0.0430. The molecular formula is C3H7FO3. The minimum absolute atomic E-state index is 0. The fourth-order valence-electron chi connectivity index (χ4n) is 0.0430. The van der Waals surface area contributed by atoms with E-state index in [9.17, 15) is 9.18 Å². The zero-order chi connectivity index (χ0) is 4.99. The zero-order valence-corrected chi connectivity index (χ0v) is 3.60. The molecule has 7 heavy (non-hydrogen) atoms. The number of carbonyl (C=O) groups excluding carboxylic acids is 1. The smallest absolute Gasteiger partial charge is 0.178 e. The Morgan fingerprint density at radius 3 is 2.29 bits per heavy atom. The molecule has 0 aromatic heterocycles. The highest BCUT2D eigenvalue weighted by molar-refractivity contribution is 5.55. The first-order valence-electron chi connectivity index (χ1n) is 1.51. The van der Waals surface area contributed by atoms with Crippen LogP contribution in [0.5, 0.6) is 0 Å². The van der Waals surface area contributed by atoms with Crippen LogP contribution in [-0.4, -0.2) is 29.6 Å². The van der Waals surface area contributed by atoms with Crippen molar-refractivity contribution < 1.29 is 19.8 Å². The Bertz CT molecular complexity index is 47.4. The highest BCUT2D eigenvalue weighted by atomic mass is 19.1. The quantitative estimate of drug-likeness (QED) is 0.448. The number of aliphatic hydroxyl groups excluding tert-OH is 1. The maximum Gasteiger partial charge on any atom is 0.178 e. The number of halogens is 1. The summed E-state index contributed by atoms with van der Waals surface area (Å²) in [5.74, 6) is 0. The van der Waals surface area contributed by atoms with Gasteiger partial charge in [0.2, 0.25) is 0 Å². The molecule has 0 heterocycles. The van der Waals surface area contributed by atoms with Crippen molar-refractivity contribution in [2.24, 2.45) is 0 Å². The van der Waals surface area contributed by atoms with Crippen LogP contribution in [0.25, 0.3) is 0 Å². The number of aldehydes is 1. The summed E-state index contributed by atoms with van der Waals surface area (Å²) in [5, 5.41) is 7.73. The average Bonchev–Trinajstić information content (AvgIpc) is 1.65. The van der Waals surface area contributed by atoms with E-state index >= 15 is 0 Å². The molecule has 44 valence electrons. The molecule has 0 unspecified atom stereocenters. The Hall–Kier alpha value is -0.480. The third-order valence-corrected chi connectivity index (χ3v) is 0.322. The summed E-state index contributed by atoms with van der Waals surface area (Å²) in [4.78, 5) is 9.20. The van der Waals surface area contributed by atoms with Crippen molar-refractivity contribution in [3.8, 4) is 0 Å². The summed E-state index contributed by atoms with van der Waals surface area (Å²) in [5.41, 5.74) is 0. The van der Waals surface area contributed by atoms with E-state index in [1.54, 1.807) is 0 Å². The Labute approximate surface area is 40.1 Å². The highest BCUT2D eigenvalue weighted by Gasteiger charge is 1.96. The molecule has 0 aliphatic rings. The molecule has 0 amide bonds. The number of rotatable bonds is 2. The number of carbonyl (C=O) groups is 1.